The number of hydrogen-bond acceptors (Lipinski definition) is 4. The number of aliphatic hydroxyl groups is 2. The molecule has 0 saturated heterocycles. The fourth-order valence-electron chi connectivity index (χ4n) is 6.82. The molecule has 25 heavy (non-hydrogen) atoms. The van der Waals surface area contributed by atoms with Crippen molar-refractivity contribution >= 4 is 11.8 Å². The van der Waals surface area contributed by atoms with E-state index in [4.69, 9.17) is 0 Å². The van der Waals surface area contributed by atoms with Crippen molar-refractivity contribution in [1.82, 2.24) is 0 Å². The number of carbonyl (C=O) groups excluding carboxylic acids is 1. The lowest BCUT2D eigenvalue weighted by Gasteiger charge is -2.61. The van der Waals surface area contributed by atoms with Gasteiger partial charge in [-0.15, -0.1) is 0 Å². The Balaban J connectivity index is 1.91. The van der Waals surface area contributed by atoms with E-state index in [9.17, 15) is 24.9 Å². The van der Waals surface area contributed by atoms with Crippen LogP contribution in [0.25, 0.3) is 0 Å². The molecule has 0 aromatic rings. The fraction of sp³-hybridized carbons (Fsp3) is 0.700. The molecule has 0 unspecified atom stereocenters. The normalized spacial score (nSPS) is 51.6. The number of rotatable bonds is 1. The first kappa shape index (κ1) is 17.0. The van der Waals surface area contributed by atoms with Crippen LogP contribution in [0.1, 0.15) is 52.4 Å². The molecule has 3 saturated carbocycles. The molecule has 3 fully saturated rings. The van der Waals surface area contributed by atoms with Crippen molar-refractivity contribution in [1.29, 1.82) is 0 Å². The number of allylic oxidation sites excluding steroid dienone is 1. The summed E-state index contributed by atoms with van der Waals surface area (Å²) in [7, 11) is 0. The van der Waals surface area contributed by atoms with Crippen LogP contribution >= 0.6 is 0 Å². The molecule has 3 N–H and O–H groups in total. The Bertz CT molecular complexity index is 738. The van der Waals surface area contributed by atoms with E-state index in [-0.39, 0.29) is 24.2 Å². The van der Waals surface area contributed by atoms with Crippen LogP contribution in [0.15, 0.2) is 23.8 Å². The Labute approximate surface area is 147 Å². The van der Waals surface area contributed by atoms with Crippen molar-refractivity contribution in [2.75, 3.05) is 0 Å². The Morgan fingerprint density at radius 2 is 2.00 bits per heavy atom. The molecular formula is C20H26O5. The largest absolute Gasteiger partial charge is 0.481 e. The van der Waals surface area contributed by atoms with E-state index in [2.05, 4.69) is 6.58 Å². The highest BCUT2D eigenvalue weighted by atomic mass is 16.4. The molecule has 4 aliphatic carbocycles. The molecule has 0 aliphatic heterocycles. The van der Waals surface area contributed by atoms with Crippen molar-refractivity contribution in [2.24, 2.45) is 22.2 Å². The molecule has 0 heterocycles. The minimum absolute atomic E-state index is 0.167. The predicted molar refractivity (Wildman–Crippen MR) is 90.7 cm³/mol. The minimum Gasteiger partial charge on any atom is -0.481 e. The topological polar surface area (TPSA) is 94.8 Å². The second-order valence-electron chi connectivity index (χ2n) is 9.16. The molecule has 0 amide bonds. The number of carboxylic acid groups (broad SMARTS) is 1. The molecule has 2 bridgehead atoms. The van der Waals surface area contributed by atoms with Crippen LogP contribution in [0, 0.1) is 22.2 Å². The summed E-state index contributed by atoms with van der Waals surface area (Å²) >= 11 is 0. The van der Waals surface area contributed by atoms with Gasteiger partial charge in [-0.3, -0.25) is 9.59 Å². The maximum atomic E-state index is 13.1. The first-order chi connectivity index (χ1) is 11.5. The summed E-state index contributed by atoms with van der Waals surface area (Å²) in [6.07, 6.45) is 3.89. The van der Waals surface area contributed by atoms with Crippen molar-refractivity contribution in [2.45, 2.75) is 64.1 Å². The zero-order valence-electron chi connectivity index (χ0n) is 14.8. The number of carboxylic acids is 1. The van der Waals surface area contributed by atoms with Crippen LogP contribution in [0.5, 0.6) is 0 Å². The monoisotopic (exact) mass is 346 g/mol. The molecule has 5 nitrogen and oxygen atoms in total. The second kappa shape index (κ2) is 4.63. The van der Waals surface area contributed by atoms with Gasteiger partial charge in [0, 0.05) is 11.5 Å². The lowest BCUT2D eigenvalue weighted by atomic mass is 9.43. The molecule has 1 spiro atoms. The Morgan fingerprint density at radius 3 is 2.64 bits per heavy atom. The summed E-state index contributed by atoms with van der Waals surface area (Å²) in [5.41, 5.74) is -2.51. The van der Waals surface area contributed by atoms with E-state index < -0.39 is 39.8 Å². The average molecular weight is 346 g/mol. The summed E-state index contributed by atoms with van der Waals surface area (Å²) in [5, 5.41) is 31.7. The number of aliphatic hydroxyl groups excluding tert-OH is 1. The highest BCUT2D eigenvalue weighted by molar-refractivity contribution is 6.07. The summed E-state index contributed by atoms with van der Waals surface area (Å²) in [5.74, 6) is -1.48. The van der Waals surface area contributed by atoms with E-state index in [1.807, 2.05) is 13.0 Å². The Hall–Kier alpha value is -1.46. The van der Waals surface area contributed by atoms with Gasteiger partial charge >= 0.3 is 5.97 Å². The van der Waals surface area contributed by atoms with Gasteiger partial charge in [0.1, 0.15) is 0 Å². The summed E-state index contributed by atoms with van der Waals surface area (Å²) < 4.78 is 0. The number of aliphatic carboxylic acids is 1. The lowest BCUT2D eigenvalue weighted by molar-refractivity contribution is -0.175. The lowest BCUT2D eigenvalue weighted by Crippen LogP contribution is -2.61. The van der Waals surface area contributed by atoms with Gasteiger partial charge in [-0.25, -0.2) is 0 Å². The standard InChI is InChI=1S/C20H26O5/c1-11-15(22)19-9-12(21)14-17(2,6-4-7-18(14,3)16(23)24)13(19)5-8-20(11,25)10-19/h5,12,14,21,25H,1,4,6-10H2,2-3H3,(H,23,24)/t12-,14-,17-,18+,19+,20-/m0/s1. The van der Waals surface area contributed by atoms with Gasteiger partial charge in [0.15, 0.2) is 5.78 Å². The molecule has 0 radical (unpaired) electrons. The smallest absolute Gasteiger partial charge is 0.309 e. The average Bonchev–Trinajstić information content (AvgIpc) is 2.64. The number of ketones is 1. The highest BCUT2D eigenvalue weighted by Gasteiger charge is 2.70. The first-order valence-electron chi connectivity index (χ1n) is 9.10. The van der Waals surface area contributed by atoms with E-state index in [0.29, 0.717) is 12.8 Å². The van der Waals surface area contributed by atoms with Gasteiger partial charge in [-0.2, -0.15) is 0 Å². The summed E-state index contributed by atoms with van der Waals surface area (Å²) in [4.78, 5) is 25.1. The number of carbonyl (C=O) groups is 2. The molecule has 0 aromatic carbocycles. The fourth-order valence-corrected chi connectivity index (χ4v) is 6.82. The summed E-state index contributed by atoms with van der Waals surface area (Å²) in [6.45, 7) is 7.57. The van der Waals surface area contributed by atoms with Gasteiger partial charge in [-0.1, -0.05) is 31.6 Å². The van der Waals surface area contributed by atoms with Gasteiger partial charge in [0.25, 0.3) is 0 Å². The molecule has 6 atom stereocenters. The van der Waals surface area contributed by atoms with Crippen LogP contribution in [-0.4, -0.2) is 38.8 Å². The van der Waals surface area contributed by atoms with E-state index in [1.54, 1.807) is 6.92 Å². The zero-order chi connectivity index (χ0) is 18.4. The molecule has 0 aromatic heterocycles. The number of hydrogen-bond donors (Lipinski definition) is 3. The van der Waals surface area contributed by atoms with Gasteiger partial charge in [0.05, 0.1) is 22.5 Å². The maximum Gasteiger partial charge on any atom is 0.309 e. The van der Waals surface area contributed by atoms with Gasteiger partial charge in [-0.05, 0) is 44.4 Å². The van der Waals surface area contributed by atoms with Crippen molar-refractivity contribution < 1.29 is 24.9 Å². The Kier molecular flexibility index (Phi) is 3.14. The number of fused-ring (bicyclic) bond motifs is 3. The van der Waals surface area contributed by atoms with Gasteiger partial charge in [0.2, 0.25) is 0 Å². The summed E-state index contributed by atoms with van der Waals surface area (Å²) in [6, 6.07) is 0. The van der Waals surface area contributed by atoms with E-state index in [0.717, 1.165) is 18.4 Å². The van der Waals surface area contributed by atoms with Crippen molar-refractivity contribution in [3.05, 3.63) is 23.8 Å². The quantitative estimate of drug-likeness (QED) is 0.500. The zero-order valence-corrected chi connectivity index (χ0v) is 14.8. The predicted octanol–water partition coefficient (Wildman–Crippen LogP) is 2.22. The molecular weight excluding hydrogens is 320 g/mol. The van der Waals surface area contributed by atoms with Crippen LogP contribution in [0.3, 0.4) is 0 Å². The molecule has 4 aliphatic rings. The third kappa shape index (κ3) is 1.76. The Morgan fingerprint density at radius 1 is 1.32 bits per heavy atom. The number of Topliss-reactive ketones (excluding diaryl/α,β-unsaturated/α-hetero) is 1. The molecule has 4 rings (SSSR count). The molecule has 5 heteroatoms. The first-order valence-corrected chi connectivity index (χ1v) is 9.10. The third-order valence-corrected chi connectivity index (χ3v) is 7.84. The minimum atomic E-state index is -1.21. The van der Waals surface area contributed by atoms with Crippen LogP contribution < -0.4 is 0 Å². The third-order valence-electron chi connectivity index (χ3n) is 7.84. The molecule has 136 valence electrons. The van der Waals surface area contributed by atoms with E-state index in [1.165, 1.54) is 0 Å². The maximum absolute atomic E-state index is 13.1. The van der Waals surface area contributed by atoms with Crippen LogP contribution in [-0.2, 0) is 9.59 Å². The van der Waals surface area contributed by atoms with Crippen LogP contribution in [0.4, 0.5) is 0 Å². The van der Waals surface area contributed by atoms with Crippen molar-refractivity contribution in [3.8, 4) is 0 Å². The van der Waals surface area contributed by atoms with Crippen molar-refractivity contribution in [3.63, 3.8) is 0 Å². The second-order valence-corrected chi connectivity index (χ2v) is 9.16. The SMILES string of the molecule is C=C1C(=O)[C@@]23C[C@H](O)[C@@H]4[C@](C)(C(=O)O)CCC[C@@]4(C)C2=CC[C@]1(O)C3. The highest BCUT2D eigenvalue weighted by Crippen LogP contribution is 2.70. The van der Waals surface area contributed by atoms with E-state index >= 15 is 0 Å². The van der Waals surface area contributed by atoms with Crippen LogP contribution in [0.2, 0.25) is 0 Å². The van der Waals surface area contributed by atoms with Gasteiger partial charge < -0.3 is 15.3 Å².